The van der Waals surface area contributed by atoms with E-state index in [0.717, 1.165) is 16.7 Å². The first-order valence-electron chi connectivity index (χ1n) is 6.56. The van der Waals surface area contributed by atoms with Crippen molar-refractivity contribution in [2.24, 2.45) is 0 Å². The third-order valence-corrected chi connectivity index (χ3v) is 3.21. The van der Waals surface area contributed by atoms with Crippen LogP contribution in [0.15, 0.2) is 66.7 Å². The number of carbonyl (C=O) groups excluding carboxylic acids is 1. The predicted molar refractivity (Wildman–Crippen MR) is 77.6 cm³/mol. The van der Waals surface area contributed by atoms with Crippen molar-refractivity contribution in [3.05, 3.63) is 77.9 Å². The summed E-state index contributed by atoms with van der Waals surface area (Å²) >= 11 is 0. The molecular weight excluding hydrogens is 250 g/mol. The van der Waals surface area contributed by atoms with Crippen LogP contribution in [0.25, 0.3) is 5.57 Å². The van der Waals surface area contributed by atoms with Crippen molar-refractivity contribution < 1.29 is 9.53 Å². The standard InChI is InChI=1S/C17H15NO2/c19-16-11-15(14-9-5-2-6-10-14)17(18-16)20-12-13-7-3-1-4-8-13/h1-11,17H,12H2,(H,18,19). The summed E-state index contributed by atoms with van der Waals surface area (Å²) in [6, 6.07) is 19.7. The molecule has 0 aromatic heterocycles. The molecular formula is C17H15NO2. The minimum atomic E-state index is -0.384. The first-order valence-corrected chi connectivity index (χ1v) is 6.56. The van der Waals surface area contributed by atoms with Gasteiger partial charge in [0.15, 0.2) is 6.23 Å². The fourth-order valence-corrected chi connectivity index (χ4v) is 2.22. The van der Waals surface area contributed by atoms with Gasteiger partial charge in [0.05, 0.1) is 6.61 Å². The maximum absolute atomic E-state index is 11.6. The molecule has 1 aliphatic heterocycles. The van der Waals surface area contributed by atoms with Gasteiger partial charge in [0.1, 0.15) is 0 Å². The van der Waals surface area contributed by atoms with E-state index < -0.39 is 0 Å². The normalized spacial score (nSPS) is 17.7. The molecule has 2 aromatic rings. The van der Waals surface area contributed by atoms with Crippen molar-refractivity contribution in [1.82, 2.24) is 5.32 Å². The largest absolute Gasteiger partial charge is 0.349 e. The molecule has 1 amide bonds. The number of rotatable bonds is 4. The van der Waals surface area contributed by atoms with Gasteiger partial charge in [0, 0.05) is 11.6 Å². The highest BCUT2D eigenvalue weighted by Gasteiger charge is 2.25. The van der Waals surface area contributed by atoms with Crippen molar-refractivity contribution in [2.45, 2.75) is 12.8 Å². The van der Waals surface area contributed by atoms with Crippen LogP contribution < -0.4 is 5.32 Å². The minimum Gasteiger partial charge on any atom is -0.349 e. The van der Waals surface area contributed by atoms with Gasteiger partial charge in [-0.05, 0) is 11.1 Å². The van der Waals surface area contributed by atoms with Crippen molar-refractivity contribution in [3.8, 4) is 0 Å². The molecule has 3 rings (SSSR count). The average Bonchev–Trinajstić information content (AvgIpc) is 2.88. The van der Waals surface area contributed by atoms with E-state index in [1.807, 2.05) is 60.7 Å². The lowest BCUT2D eigenvalue weighted by Crippen LogP contribution is -2.30. The lowest BCUT2D eigenvalue weighted by molar-refractivity contribution is -0.118. The van der Waals surface area contributed by atoms with Crippen LogP contribution in [0.2, 0.25) is 0 Å². The maximum Gasteiger partial charge on any atom is 0.246 e. The SMILES string of the molecule is O=C1C=C(c2ccccc2)C(OCc2ccccc2)N1. The zero-order valence-corrected chi connectivity index (χ0v) is 11.0. The van der Waals surface area contributed by atoms with Crippen LogP contribution in [0.4, 0.5) is 0 Å². The average molecular weight is 265 g/mol. The Morgan fingerprint density at radius 3 is 2.30 bits per heavy atom. The van der Waals surface area contributed by atoms with E-state index in [4.69, 9.17) is 4.74 Å². The van der Waals surface area contributed by atoms with Crippen molar-refractivity contribution in [1.29, 1.82) is 0 Å². The Balaban J connectivity index is 1.73. The summed E-state index contributed by atoms with van der Waals surface area (Å²) in [5, 5.41) is 2.82. The second-order valence-electron chi connectivity index (χ2n) is 4.65. The molecule has 1 heterocycles. The van der Waals surface area contributed by atoms with E-state index in [1.54, 1.807) is 6.08 Å². The molecule has 3 nitrogen and oxygen atoms in total. The number of nitrogens with one attached hydrogen (secondary N) is 1. The Morgan fingerprint density at radius 2 is 1.60 bits per heavy atom. The van der Waals surface area contributed by atoms with Gasteiger partial charge in [-0.1, -0.05) is 60.7 Å². The van der Waals surface area contributed by atoms with Crippen LogP contribution in [-0.4, -0.2) is 12.1 Å². The Bertz CT molecular complexity index is 620. The highest BCUT2D eigenvalue weighted by Crippen LogP contribution is 2.23. The quantitative estimate of drug-likeness (QED) is 0.923. The summed E-state index contributed by atoms with van der Waals surface area (Å²) in [5.41, 5.74) is 2.97. The highest BCUT2D eigenvalue weighted by atomic mass is 16.5. The number of amides is 1. The van der Waals surface area contributed by atoms with Crippen molar-refractivity contribution >= 4 is 11.5 Å². The Labute approximate surface area is 117 Å². The molecule has 1 N–H and O–H groups in total. The molecule has 100 valence electrons. The predicted octanol–water partition coefficient (Wildman–Crippen LogP) is 2.74. The molecule has 0 saturated heterocycles. The second-order valence-corrected chi connectivity index (χ2v) is 4.65. The van der Waals surface area contributed by atoms with Crippen LogP contribution in [0.1, 0.15) is 11.1 Å². The number of ether oxygens (including phenoxy) is 1. The highest BCUT2D eigenvalue weighted by molar-refractivity contribution is 6.01. The molecule has 0 saturated carbocycles. The number of hydrogen-bond donors (Lipinski definition) is 1. The van der Waals surface area contributed by atoms with E-state index >= 15 is 0 Å². The maximum atomic E-state index is 11.6. The first-order chi connectivity index (χ1) is 9.83. The summed E-state index contributed by atoms with van der Waals surface area (Å²) in [5.74, 6) is -0.109. The van der Waals surface area contributed by atoms with Crippen LogP contribution in [0, 0.1) is 0 Å². The van der Waals surface area contributed by atoms with Gasteiger partial charge in [-0.3, -0.25) is 4.79 Å². The zero-order chi connectivity index (χ0) is 13.8. The Morgan fingerprint density at radius 1 is 0.950 bits per heavy atom. The monoisotopic (exact) mass is 265 g/mol. The van der Waals surface area contributed by atoms with E-state index in [2.05, 4.69) is 5.32 Å². The van der Waals surface area contributed by atoms with Gasteiger partial charge in [-0.15, -0.1) is 0 Å². The number of carbonyl (C=O) groups is 1. The second kappa shape index (κ2) is 5.72. The molecule has 0 spiro atoms. The topological polar surface area (TPSA) is 38.3 Å². The van der Waals surface area contributed by atoms with Gasteiger partial charge in [-0.25, -0.2) is 0 Å². The summed E-state index contributed by atoms with van der Waals surface area (Å²) in [7, 11) is 0. The van der Waals surface area contributed by atoms with Gasteiger partial charge in [-0.2, -0.15) is 0 Å². The molecule has 20 heavy (non-hydrogen) atoms. The van der Waals surface area contributed by atoms with Crippen LogP contribution in [0.5, 0.6) is 0 Å². The van der Waals surface area contributed by atoms with E-state index in [0.29, 0.717) is 6.61 Å². The molecule has 3 heteroatoms. The lowest BCUT2D eigenvalue weighted by atomic mass is 10.1. The van der Waals surface area contributed by atoms with E-state index in [9.17, 15) is 4.79 Å². The smallest absolute Gasteiger partial charge is 0.246 e. The third-order valence-electron chi connectivity index (χ3n) is 3.21. The van der Waals surface area contributed by atoms with Gasteiger partial charge >= 0.3 is 0 Å². The lowest BCUT2D eigenvalue weighted by Gasteiger charge is -2.16. The molecule has 1 aliphatic rings. The van der Waals surface area contributed by atoms with Crippen molar-refractivity contribution in [3.63, 3.8) is 0 Å². The van der Waals surface area contributed by atoms with Crippen LogP contribution in [-0.2, 0) is 16.1 Å². The van der Waals surface area contributed by atoms with E-state index in [1.165, 1.54) is 0 Å². The summed E-state index contributed by atoms with van der Waals surface area (Å²) < 4.78 is 5.83. The molecule has 2 aromatic carbocycles. The fraction of sp³-hybridized carbons (Fsp3) is 0.118. The minimum absolute atomic E-state index is 0.109. The van der Waals surface area contributed by atoms with Gasteiger partial charge in [0.25, 0.3) is 0 Å². The summed E-state index contributed by atoms with van der Waals surface area (Å²) in [6.07, 6.45) is 1.22. The molecule has 1 atom stereocenters. The zero-order valence-electron chi connectivity index (χ0n) is 11.0. The summed E-state index contributed by atoms with van der Waals surface area (Å²) in [4.78, 5) is 11.6. The number of benzene rings is 2. The Hall–Kier alpha value is -2.39. The van der Waals surface area contributed by atoms with Gasteiger partial charge in [0.2, 0.25) is 5.91 Å². The molecule has 0 bridgehead atoms. The fourth-order valence-electron chi connectivity index (χ4n) is 2.22. The molecule has 0 radical (unpaired) electrons. The molecule has 1 unspecified atom stereocenters. The number of hydrogen-bond acceptors (Lipinski definition) is 2. The Kier molecular flexibility index (Phi) is 3.61. The molecule has 0 aliphatic carbocycles. The van der Waals surface area contributed by atoms with Crippen molar-refractivity contribution in [2.75, 3.05) is 0 Å². The first kappa shape index (κ1) is 12.6. The van der Waals surface area contributed by atoms with Gasteiger partial charge < -0.3 is 10.1 Å². The molecule has 0 fully saturated rings. The van der Waals surface area contributed by atoms with E-state index in [-0.39, 0.29) is 12.1 Å². The summed E-state index contributed by atoms with van der Waals surface area (Å²) in [6.45, 7) is 0.468. The van der Waals surface area contributed by atoms with Crippen LogP contribution in [0.3, 0.4) is 0 Å². The third kappa shape index (κ3) is 2.78. The van der Waals surface area contributed by atoms with Crippen LogP contribution >= 0.6 is 0 Å².